The van der Waals surface area contributed by atoms with E-state index >= 15 is 0 Å². The maximum atomic E-state index is 11.8. The van der Waals surface area contributed by atoms with Gasteiger partial charge in [0.1, 0.15) is 6.33 Å². The molecule has 1 heterocycles. The molecule has 0 aliphatic carbocycles. The molecular formula is C13H16N4O2. The van der Waals surface area contributed by atoms with Crippen LogP contribution in [-0.4, -0.2) is 40.9 Å². The molecule has 19 heavy (non-hydrogen) atoms. The van der Waals surface area contributed by atoms with E-state index in [1.54, 1.807) is 11.8 Å². The summed E-state index contributed by atoms with van der Waals surface area (Å²) in [5.74, 6) is -0.105. The van der Waals surface area contributed by atoms with Gasteiger partial charge in [0.25, 0.3) is 5.91 Å². The largest absolute Gasteiger partial charge is 0.385 e. The van der Waals surface area contributed by atoms with Gasteiger partial charge in [0, 0.05) is 20.3 Å². The monoisotopic (exact) mass is 260 g/mol. The fourth-order valence-corrected chi connectivity index (χ4v) is 1.57. The third-order valence-corrected chi connectivity index (χ3v) is 2.53. The number of carbonyl (C=O) groups excluding carboxylic acids is 1. The molecule has 6 heteroatoms. The van der Waals surface area contributed by atoms with E-state index in [9.17, 15) is 4.79 Å². The van der Waals surface area contributed by atoms with Crippen molar-refractivity contribution < 1.29 is 9.53 Å². The molecule has 0 bridgehead atoms. The number of hydrogen-bond donors (Lipinski definition) is 1. The molecule has 100 valence electrons. The molecule has 0 aliphatic rings. The first-order chi connectivity index (χ1) is 9.31. The zero-order chi connectivity index (χ0) is 13.5. The van der Waals surface area contributed by atoms with Crippen LogP contribution in [0.3, 0.4) is 0 Å². The Morgan fingerprint density at radius 1 is 1.37 bits per heavy atom. The standard InChI is InChI=1S/C13H16N4O2/c1-19-9-5-8-14-13(18)12-15-10-17(16-12)11-6-3-2-4-7-11/h2-4,6-7,10H,5,8-9H2,1H3,(H,14,18). The molecule has 1 aromatic heterocycles. The van der Waals surface area contributed by atoms with E-state index < -0.39 is 0 Å². The third kappa shape index (κ3) is 3.62. The number of ether oxygens (including phenoxy) is 1. The van der Waals surface area contributed by atoms with Gasteiger partial charge in [0.05, 0.1) is 5.69 Å². The van der Waals surface area contributed by atoms with Crippen LogP contribution >= 0.6 is 0 Å². The molecule has 1 amide bonds. The molecule has 6 nitrogen and oxygen atoms in total. The van der Waals surface area contributed by atoms with Crippen molar-refractivity contribution in [1.29, 1.82) is 0 Å². The van der Waals surface area contributed by atoms with Gasteiger partial charge in [-0.1, -0.05) is 18.2 Å². The summed E-state index contributed by atoms with van der Waals surface area (Å²) in [7, 11) is 1.63. The number of carbonyl (C=O) groups is 1. The summed E-state index contributed by atoms with van der Waals surface area (Å²) < 4.78 is 6.48. The highest BCUT2D eigenvalue weighted by atomic mass is 16.5. The number of nitrogens with zero attached hydrogens (tertiary/aromatic N) is 3. The lowest BCUT2D eigenvalue weighted by Crippen LogP contribution is -2.26. The van der Waals surface area contributed by atoms with Crippen LogP contribution in [0.2, 0.25) is 0 Å². The van der Waals surface area contributed by atoms with Crippen molar-refractivity contribution in [3.05, 3.63) is 42.5 Å². The van der Waals surface area contributed by atoms with Gasteiger partial charge >= 0.3 is 0 Å². The Kier molecular flexibility index (Phi) is 4.63. The number of para-hydroxylation sites is 1. The van der Waals surface area contributed by atoms with Crippen LogP contribution in [0.15, 0.2) is 36.7 Å². The van der Waals surface area contributed by atoms with Gasteiger partial charge in [-0.15, -0.1) is 5.10 Å². The summed E-state index contributed by atoms with van der Waals surface area (Å²) in [5.41, 5.74) is 0.869. The highest BCUT2D eigenvalue weighted by Crippen LogP contribution is 2.04. The molecule has 2 rings (SSSR count). The van der Waals surface area contributed by atoms with E-state index in [0.717, 1.165) is 12.1 Å². The quantitative estimate of drug-likeness (QED) is 0.788. The van der Waals surface area contributed by atoms with Crippen molar-refractivity contribution >= 4 is 5.91 Å². The van der Waals surface area contributed by atoms with Crippen LogP contribution in [0.5, 0.6) is 0 Å². The van der Waals surface area contributed by atoms with Crippen LogP contribution in [0.25, 0.3) is 5.69 Å². The molecule has 0 radical (unpaired) electrons. The first kappa shape index (κ1) is 13.2. The first-order valence-corrected chi connectivity index (χ1v) is 6.05. The van der Waals surface area contributed by atoms with Crippen LogP contribution < -0.4 is 5.32 Å². The molecule has 0 saturated carbocycles. The highest BCUT2D eigenvalue weighted by Gasteiger charge is 2.11. The average Bonchev–Trinajstić information content (AvgIpc) is 2.94. The van der Waals surface area contributed by atoms with Crippen LogP contribution in [0.4, 0.5) is 0 Å². The molecule has 0 saturated heterocycles. The number of aromatic nitrogens is 3. The lowest BCUT2D eigenvalue weighted by Gasteiger charge is -2.01. The SMILES string of the molecule is COCCCNC(=O)c1ncn(-c2ccccc2)n1. The number of nitrogens with one attached hydrogen (secondary N) is 1. The molecule has 2 aromatic rings. The summed E-state index contributed by atoms with van der Waals surface area (Å²) in [4.78, 5) is 15.8. The molecule has 1 aromatic carbocycles. The predicted octanol–water partition coefficient (Wildman–Crippen LogP) is 1.03. The normalized spacial score (nSPS) is 10.4. The summed E-state index contributed by atoms with van der Waals surface area (Å²) >= 11 is 0. The van der Waals surface area contributed by atoms with Gasteiger partial charge in [-0.2, -0.15) is 0 Å². The van der Waals surface area contributed by atoms with Crippen LogP contribution in [-0.2, 0) is 4.74 Å². The van der Waals surface area contributed by atoms with Crippen molar-refractivity contribution in [3.8, 4) is 5.69 Å². The summed E-state index contributed by atoms with van der Waals surface area (Å²) in [5, 5.41) is 6.88. The van der Waals surface area contributed by atoms with Gasteiger partial charge < -0.3 is 10.1 Å². The Morgan fingerprint density at radius 2 is 2.16 bits per heavy atom. The van der Waals surface area contributed by atoms with E-state index in [1.165, 1.54) is 6.33 Å². The average molecular weight is 260 g/mol. The molecule has 0 aliphatic heterocycles. The summed E-state index contributed by atoms with van der Waals surface area (Å²) in [6, 6.07) is 9.52. The number of rotatable bonds is 6. The number of hydrogen-bond acceptors (Lipinski definition) is 4. The topological polar surface area (TPSA) is 69.0 Å². The van der Waals surface area contributed by atoms with E-state index in [1.807, 2.05) is 30.3 Å². The predicted molar refractivity (Wildman–Crippen MR) is 70.2 cm³/mol. The molecule has 0 fully saturated rings. The zero-order valence-electron chi connectivity index (χ0n) is 10.7. The number of amides is 1. The van der Waals surface area contributed by atoms with E-state index in [0.29, 0.717) is 13.2 Å². The Balaban J connectivity index is 1.95. The molecule has 0 unspecified atom stereocenters. The Labute approximate surface area is 111 Å². The minimum absolute atomic E-state index is 0.168. The van der Waals surface area contributed by atoms with Crippen LogP contribution in [0, 0.1) is 0 Å². The van der Waals surface area contributed by atoms with Crippen LogP contribution in [0.1, 0.15) is 17.0 Å². The number of benzene rings is 1. The van der Waals surface area contributed by atoms with Gasteiger partial charge in [0.15, 0.2) is 0 Å². The van der Waals surface area contributed by atoms with Crippen molar-refractivity contribution in [3.63, 3.8) is 0 Å². The van der Waals surface area contributed by atoms with E-state index in [2.05, 4.69) is 15.4 Å². The second kappa shape index (κ2) is 6.65. The lowest BCUT2D eigenvalue weighted by molar-refractivity contribution is 0.0938. The second-order valence-corrected chi connectivity index (χ2v) is 3.95. The van der Waals surface area contributed by atoms with E-state index in [-0.39, 0.29) is 11.7 Å². The van der Waals surface area contributed by atoms with Crippen molar-refractivity contribution in [2.24, 2.45) is 0 Å². The van der Waals surface area contributed by atoms with Gasteiger partial charge in [-0.3, -0.25) is 4.79 Å². The maximum absolute atomic E-state index is 11.8. The van der Waals surface area contributed by atoms with Crippen molar-refractivity contribution in [1.82, 2.24) is 20.1 Å². The van der Waals surface area contributed by atoms with Crippen molar-refractivity contribution in [2.45, 2.75) is 6.42 Å². The molecule has 0 atom stereocenters. The fraction of sp³-hybridized carbons (Fsp3) is 0.308. The van der Waals surface area contributed by atoms with Crippen molar-refractivity contribution in [2.75, 3.05) is 20.3 Å². The third-order valence-electron chi connectivity index (χ3n) is 2.53. The molecular weight excluding hydrogens is 244 g/mol. The molecule has 1 N–H and O–H groups in total. The Hall–Kier alpha value is -2.21. The first-order valence-electron chi connectivity index (χ1n) is 6.05. The minimum atomic E-state index is -0.272. The maximum Gasteiger partial charge on any atom is 0.290 e. The van der Waals surface area contributed by atoms with Gasteiger partial charge in [-0.25, -0.2) is 9.67 Å². The Bertz CT molecular complexity index is 524. The van der Waals surface area contributed by atoms with Gasteiger partial charge in [0.2, 0.25) is 5.82 Å². The number of methoxy groups -OCH3 is 1. The van der Waals surface area contributed by atoms with Gasteiger partial charge in [-0.05, 0) is 18.6 Å². The van der Waals surface area contributed by atoms with E-state index in [4.69, 9.17) is 4.74 Å². The smallest absolute Gasteiger partial charge is 0.290 e. The Morgan fingerprint density at radius 3 is 2.89 bits per heavy atom. The second-order valence-electron chi connectivity index (χ2n) is 3.95. The lowest BCUT2D eigenvalue weighted by atomic mass is 10.3. The fourth-order valence-electron chi connectivity index (χ4n) is 1.57. The summed E-state index contributed by atoms with van der Waals surface area (Å²) in [6.07, 6.45) is 2.29. The molecule has 0 spiro atoms. The highest BCUT2D eigenvalue weighted by molar-refractivity contribution is 5.90. The minimum Gasteiger partial charge on any atom is -0.385 e. The summed E-state index contributed by atoms with van der Waals surface area (Å²) in [6.45, 7) is 1.17. The zero-order valence-corrected chi connectivity index (χ0v) is 10.7.